The molecule has 1 heterocycles. The summed E-state index contributed by atoms with van der Waals surface area (Å²) in [4.78, 5) is 13.3. The van der Waals surface area contributed by atoms with Crippen LogP contribution in [0.5, 0.6) is 0 Å². The molecule has 150 valence electrons. The highest BCUT2D eigenvalue weighted by Gasteiger charge is 2.27. The van der Waals surface area contributed by atoms with Gasteiger partial charge in [0, 0.05) is 23.0 Å². The summed E-state index contributed by atoms with van der Waals surface area (Å²) in [5.74, 6) is -0.138. The van der Waals surface area contributed by atoms with Crippen LogP contribution in [0.3, 0.4) is 0 Å². The summed E-state index contributed by atoms with van der Waals surface area (Å²) in [5, 5.41) is 3.58. The smallest absolute Gasteiger partial charge is 0.243 e. The quantitative estimate of drug-likeness (QED) is 0.664. The monoisotopic (exact) mass is 460 g/mol. The first kappa shape index (κ1) is 21.4. The molecule has 1 N–H and O–H groups in total. The van der Waals surface area contributed by atoms with Gasteiger partial charge in [0.05, 0.1) is 34.6 Å². The molecule has 0 bridgehead atoms. The molecule has 3 rings (SSSR count). The van der Waals surface area contributed by atoms with E-state index in [1.807, 2.05) is 12.1 Å². The summed E-state index contributed by atoms with van der Waals surface area (Å²) in [5.41, 5.74) is 0.262. The van der Waals surface area contributed by atoms with E-state index in [-0.39, 0.29) is 27.3 Å². The largest absolute Gasteiger partial charge is 0.379 e. The van der Waals surface area contributed by atoms with Crippen molar-refractivity contribution in [3.8, 4) is 0 Å². The summed E-state index contributed by atoms with van der Waals surface area (Å²) >= 11 is 13.3. The highest BCUT2D eigenvalue weighted by atomic mass is 35.5. The topological polar surface area (TPSA) is 75.7 Å². The highest BCUT2D eigenvalue weighted by molar-refractivity contribution is 8.00. The van der Waals surface area contributed by atoms with Gasteiger partial charge in [-0.2, -0.15) is 4.31 Å². The third kappa shape index (κ3) is 5.40. The molecule has 1 aliphatic heterocycles. The van der Waals surface area contributed by atoms with Gasteiger partial charge in [0.15, 0.2) is 0 Å². The number of thioether (sulfide) groups is 1. The van der Waals surface area contributed by atoms with Crippen molar-refractivity contribution in [2.75, 3.05) is 37.4 Å². The molecule has 0 radical (unpaired) electrons. The van der Waals surface area contributed by atoms with Crippen LogP contribution in [-0.4, -0.2) is 50.7 Å². The normalized spacial score (nSPS) is 15.4. The molecule has 1 aliphatic rings. The molecule has 10 heteroatoms. The predicted octanol–water partition coefficient (Wildman–Crippen LogP) is 3.75. The molecule has 1 saturated heterocycles. The molecule has 0 saturated carbocycles. The number of hydrogen-bond donors (Lipinski definition) is 1. The van der Waals surface area contributed by atoms with Crippen molar-refractivity contribution in [3.05, 3.63) is 52.5 Å². The molecular weight excluding hydrogens is 443 g/mol. The van der Waals surface area contributed by atoms with E-state index in [9.17, 15) is 13.2 Å². The molecule has 1 amide bonds. The second-order valence-electron chi connectivity index (χ2n) is 5.95. The number of rotatable bonds is 6. The Hall–Kier alpha value is -1.29. The molecule has 0 unspecified atom stereocenters. The fourth-order valence-corrected chi connectivity index (χ4v) is 4.99. The molecule has 2 aromatic carbocycles. The van der Waals surface area contributed by atoms with E-state index in [0.717, 1.165) is 4.90 Å². The van der Waals surface area contributed by atoms with Crippen LogP contribution in [0.15, 0.2) is 52.3 Å². The fraction of sp³-hybridized carbons (Fsp3) is 0.278. The number of hydrogen-bond acceptors (Lipinski definition) is 5. The van der Waals surface area contributed by atoms with Gasteiger partial charge in [-0.05, 0) is 42.5 Å². The maximum atomic E-state index is 12.8. The predicted molar refractivity (Wildman–Crippen MR) is 112 cm³/mol. The lowest BCUT2D eigenvalue weighted by Gasteiger charge is -2.26. The average molecular weight is 461 g/mol. The van der Waals surface area contributed by atoms with Crippen LogP contribution in [0.25, 0.3) is 0 Å². The lowest BCUT2D eigenvalue weighted by molar-refractivity contribution is -0.113. The fourth-order valence-electron chi connectivity index (χ4n) is 2.56. The summed E-state index contributed by atoms with van der Waals surface area (Å²) in [6, 6.07) is 11.4. The van der Waals surface area contributed by atoms with E-state index in [1.165, 1.54) is 34.3 Å². The number of halogens is 2. The Kier molecular flexibility index (Phi) is 7.25. The van der Waals surface area contributed by atoms with Gasteiger partial charge in [-0.3, -0.25) is 4.79 Å². The van der Waals surface area contributed by atoms with E-state index >= 15 is 0 Å². The Morgan fingerprint density at radius 2 is 1.79 bits per heavy atom. The number of morpholine rings is 1. The number of nitrogens with one attached hydrogen (secondary N) is 1. The maximum absolute atomic E-state index is 12.8. The zero-order chi connectivity index (χ0) is 20.1. The standard InChI is InChI=1S/C18H18Cl2N2O4S2/c19-13-1-3-14(4-2-13)27-12-18(23)21-17-11-15(5-6-16(17)20)28(24,25)22-7-9-26-10-8-22/h1-6,11H,7-10,12H2,(H,21,23). The number of sulfonamides is 1. The minimum atomic E-state index is -3.67. The van der Waals surface area contributed by atoms with Crippen LogP contribution in [-0.2, 0) is 19.6 Å². The van der Waals surface area contributed by atoms with E-state index in [1.54, 1.807) is 12.1 Å². The van der Waals surface area contributed by atoms with Gasteiger partial charge in [-0.25, -0.2) is 8.42 Å². The molecule has 0 spiro atoms. The molecule has 0 aliphatic carbocycles. The number of ether oxygens (including phenoxy) is 1. The molecule has 0 atom stereocenters. The minimum Gasteiger partial charge on any atom is -0.379 e. The van der Waals surface area contributed by atoms with Gasteiger partial charge < -0.3 is 10.1 Å². The van der Waals surface area contributed by atoms with E-state index in [4.69, 9.17) is 27.9 Å². The Morgan fingerprint density at radius 3 is 2.46 bits per heavy atom. The van der Waals surface area contributed by atoms with E-state index in [2.05, 4.69) is 5.32 Å². The van der Waals surface area contributed by atoms with Crippen molar-refractivity contribution >= 4 is 56.6 Å². The minimum absolute atomic E-state index is 0.0828. The van der Waals surface area contributed by atoms with E-state index in [0.29, 0.717) is 31.3 Å². The van der Waals surface area contributed by atoms with Gasteiger partial charge in [0.2, 0.25) is 15.9 Å². The summed E-state index contributed by atoms with van der Waals surface area (Å²) in [6.45, 7) is 1.31. The number of carbonyl (C=O) groups is 1. The summed E-state index contributed by atoms with van der Waals surface area (Å²) in [6.07, 6.45) is 0. The van der Waals surface area contributed by atoms with Crippen molar-refractivity contribution in [1.82, 2.24) is 4.31 Å². The first-order valence-electron chi connectivity index (χ1n) is 8.42. The summed E-state index contributed by atoms with van der Waals surface area (Å²) < 4.78 is 32.1. The number of nitrogens with zero attached hydrogens (tertiary/aromatic N) is 1. The second-order valence-corrected chi connectivity index (χ2v) is 9.78. The number of anilines is 1. The first-order valence-corrected chi connectivity index (χ1v) is 11.6. The van der Waals surface area contributed by atoms with Crippen molar-refractivity contribution in [1.29, 1.82) is 0 Å². The lowest BCUT2D eigenvalue weighted by atomic mass is 10.3. The number of carbonyl (C=O) groups excluding carboxylic acids is 1. The second kappa shape index (κ2) is 9.47. The van der Waals surface area contributed by atoms with Crippen LogP contribution in [0.4, 0.5) is 5.69 Å². The zero-order valence-electron chi connectivity index (χ0n) is 14.7. The lowest BCUT2D eigenvalue weighted by Crippen LogP contribution is -2.40. The van der Waals surface area contributed by atoms with Crippen LogP contribution in [0, 0.1) is 0 Å². The van der Waals surface area contributed by atoms with Gasteiger partial charge in [0.25, 0.3) is 0 Å². The number of benzene rings is 2. The number of amides is 1. The van der Waals surface area contributed by atoms with E-state index < -0.39 is 10.0 Å². The third-order valence-corrected chi connectivity index (χ3v) is 7.49. The molecule has 0 aromatic heterocycles. The van der Waals surface area contributed by atoms with Gasteiger partial charge >= 0.3 is 0 Å². The molecular formula is C18H18Cl2N2O4S2. The van der Waals surface area contributed by atoms with Crippen LogP contribution in [0.1, 0.15) is 0 Å². The Morgan fingerprint density at radius 1 is 1.11 bits per heavy atom. The van der Waals surface area contributed by atoms with Gasteiger partial charge in [0.1, 0.15) is 0 Å². The van der Waals surface area contributed by atoms with Crippen LogP contribution >= 0.6 is 35.0 Å². The molecule has 2 aromatic rings. The van der Waals surface area contributed by atoms with Gasteiger partial charge in [-0.15, -0.1) is 11.8 Å². The maximum Gasteiger partial charge on any atom is 0.243 e. The molecule has 28 heavy (non-hydrogen) atoms. The van der Waals surface area contributed by atoms with Crippen LogP contribution in [0.2, 0.25) is 10.0 Å². The molecule has 6 nitrogen and oxygen atoms in total. The highest BCUT2D eigenvalue weighted by Crippen LogP contribution is 2.28. The first-order chi connectivity index (χ1) is 13.4. The molecule has 1 fully saturated rings. The Labute approximate surface area is 178 Å². The third-order valence-electron chi connectivity index (χ3n) is 4.00. The average Bonchev–Trinajstić information content (AvgIpc) is 2.70. The van der Waals surface area contributed by atoms with Gasteiger partial charge in [-0.1, -0.05) is 23.2 Å². The summed E-state index contributed by atoms with van der Waals surface area (Å²) in [7, 11) is -3.67. The van der Waals surface area contributed by atoms with Crippen molar-refractivity contribution in [2.45, 2.75) is 9.79 Å². The van der Waals surface area contributed by atoms with Crippen LogP contribution < -0.4 is 5.32 Å². The van der Waals surface area contributed by atoms with Crippen molar-refractivity contribution in [2.24, 2.45) is 0 Å². The van der Waals surface area contributed by atoms with Crippen molar-refractivity contribution in [3.63, 3.8) is 0 Å². The SMILES string of the molecule is O=C(CSc1ccc(Cl)cc1)Nc1cc(S(=O)(=O)N2CCOCC2)ccc1Cl. The zero-order valence-corrected chi connectivity index (χ0v) is 17.9. The Balaban J connectivity index is 1.68. The Bertz CT molecular complexity index is 947. The van der Waals surface area contributed by atoms with Crippen molar-refractivity contribution < 1.29 is 17.9 Å².